The zero-order valence-corrected chi connectivity index (χ0v) is 22.5. The number of amides is 2. The van der Waals surface area contributed by atoms with Crippen molar-refractivity contribution in [1.82, 2.24) is 4.90 Å². The fourth-order valence-corrected chi connectivity index (χ4v) is 9.24. The van der Waals surface area contributed by atoms with Crippen LogP contribution in [0.15, 0.2) is 78.9 Å². The van der Waals surface area contributed by atoms with Gasteiger partial charge in [0.15, 0.2) is 0 Å². The van der Waals surface area contributed by atoms with E-state index in [1.165, 1.54) is 44.1 Å². The number of carbonyl (C=O) groups excluding carboxylic acids is 2. The zero-order chi connectivity index (χ0) is 25.7. The Morgan fingerprint density at radius 2 is 1.47 bits per heavy atom. The fraction of sp³-hybridized carbons (Fsp3) is 0.394. The van der Waals surface area contributed by atoms with Crippen LogP contribution in [-0.2, 0) is 16.8 Å². The minimum atomic E-state index is -0.101. The first-order chi connectivity index (χ1) is 18.5. The standard InChI is InChI=1S/C33H34N2O2S/c36-30-21-38-32(35(30)20-22-4-2-1-3-5-22)27-8-6-26(7-9-27)31(37)34-29-12-10-28(11-13-29)33-17-23-14-24(18-33)16-25(15-23)19-33/h1-13,23-25,32H,14-21H2,(H,34,37)/t23?,24?,25?,32-,33?/m0/s1. The molecule has 4 saturated carbocycles. The van der Waals surface area contributed by atoms with Gasteiger partial charge in [0, 0.05) is 17.8 Å². The molecule has 1 aliphatic heterocycles. The Morgan fingerprint density at radius 3 is 2.11 bits per heavy atom. The maximum atomic E-state index is 13.0. The van der Waals surface area contributed by atoms with Crippen molar-refractivity contribution in [3.8, 4) is 0 Å². The van der Waals surface area contributed by atoms with Gasteiger partial charge in [0.25, 0.3) is 5.91 Å². The van der Waals surface area contributed by atoms with E-state index >= 15 is 0 Å². The first-order valence-electron chi connectivity index (χ1n) is 14.0. The Bertz CT molecular complexity index is 1300. The van der Waals surface area contributed by atoms with Crippen molar-refractivity contribution in [2.24, 2.45) is 17.8 Å². The molecule has 5 aliphatic rings. The predicted octanol–water partition coefficient (Wildman–Crippen LogP) is 7.18. The summed E-state index contributed by atoms with van der Waals surface area (Å²) in [4.78, 5) is 27.5. The Kier molecular flexibility index (Phi) is 6.07. The molecule has 38 heavy (non-hydrogen) atoms. The molecule has 1 atom stereocenters. The second kappa shape index (κ2) is 9.60. The van der Waals surface area contributed by atoms with Crippen LogP contribution in [0.2, 0.25) is 0 Å². The maximum absolute atomic E-state index is 13.0. The van der Waals surface area contributed by atoms with Crippen LogP contribution in [0.25, 0.3) is 0 Å². The Hall–Kier alpha value is -3.05. The van der Waals surface area contributed by atoms with Gasteiger partial charge in [0.2, 0.25) is 5.91 Å². The highest BCUT2D eigenvalue weighted by Gasteiger charge is 2.51. The van der Waals surface area contributed by atoms with Crippen LogP contribution in [0, 0.1) is 17.8 Å². The van der Waals surface area contributed by atoms with E-state index in [0.29, 0.717) is 23.3 Å². The molecular weight excluding hydrogens is 488 g/mol. The van der Waals surface area contributed by atoms with Gasteiger partial charge < -0.3 is 10.2 Å². The Balaban J connectivity index is 1.02. The molecule has 4 bridgehead atoms. The highest BCUT2D eigenvalue weighted by molar-refractivity contribution is 8.00. The number of carbonyl (C=O) groups is 2. The molecule has 5 heteroatoms. The van der Waals surface area contributed by atoms with Crippen LogP contribution in [-0.4, -0.2) is 22.5 Å². The summed E-state index contributed by atoms with van der Waals surface area (Å²) in [6, 6.07) is 26.5. The summed E-state index contributed by atoms with van der Waals surface area (Å²) in [5, 5.41) is 3.06. The third kappa shape index (κ3) is 4.45. The van der Waals surface area contributed by atoms with Crippen LogP contribution < -0.4 is 5.32 Å². The van der Waals surface area contributed by atoms with Crippen molar-refractivity contribution in [1.29, 1.82) is 0 Å². The lowest BCUT2D eigenvalue weighted by Gasteiger charge is -2.57. The number of rotatable bonds is 6. The van der Waals surface area contributed by atoms with Crippen molar-refractivity contribution in [2.45, 2.75) is 55.9 Å². The molecule has 4 aliphatic carbocycles. The van der Waals surface area contributed by atoms with Crippen LogP contribution in [0.5, 0.6) is 0 Å². The molecule has 194 valence electrons. The van der Waals surface area contributed by atoms with Gasteiger partial charge >= 0.3 is 0 Å². The van der Waals surface area contributed by atoms with E-state index in [2.05, 4.69) is 41.7 Å². The molecular formula is C33H34N2O2S. The van der Waals surface area contributed by atoms with Crippen molar-refractivity contribution in [3.05, 3.63) is 101 Å². The van der Waals surface area contributed by atoms with Crippen LogP contribution >= 0.6 is 11.8 Å². The van der Waals surface area contributed by atoms with Crippen LogP contribution in [0.3, 0.4) is 0 Å². The second-order valence-corrected chi connectivity index (χ2v) is 13.1. The average Bonchev–Trinajstić information content (AvgIpc) is 3.28. The van der Waals surface area contributed by atoms with Crippen molar-refractivity contribution >= 4 is 29.3 Å². The van der Waals surface area contributed by atoms with Gasteiger partial charge in [-0.2, -0.15) is 0 Å². The molecule has 0 radical (unpaired) electrons. The zero-order valence-electron chi connectivity index (χ0n) is 21.6. The van der Waals surface area contributed by atoms with Crippen LogP contribution in [0.1, 0.15) is 70.9 Å². The van der Waals surface area contributed by atoms with E-state index in [-0.39, 0.29) is 17.2 Å². The van der Waals surface area contributed by atoms with Gasteiger partial charge in [-0.3, -0.25) is 9.59 Å². The summed E-state index contributed by atoms with van der Waals surface area (Å²) in [6.45, 7) is 0.596. The largest absolute Gasteiger partial charge is 0.322 e. The maximum Gasteiger partial charge on any atom is 0.255 e. The fourth-order valence-electron chi connectivity index (χ4n) is 8.05. The summed E-state index contributed by atoms with van der Waals surface area (Å²) < 4.78 is 0. The highest BCUT2D eigenvalue weighted by Crippen LogP contribution is 2.60. The van der Waals surface area contributed by atoms with Gasteiger partial charge in [-0.15, -0.1) is 11.8 Å². The molecule has 0 unspecified atom stereocenters. The highest BCUT2D eigenvalue weighted by atomic mass is 32.2. The second-order valence-electron chi connectivity index (χ2n) is 12.0. The molecule has 0 spiro atoms. The molecule has 1 saturated heterocycles. The van der Waals surface area contributed by atoms with E-state index < -0.39 is 0 Å². The SMILES string of the molecule is O=C(Nc1ccc(C23CC4CC(CC(C4)C2)C3)cc1)c1ccc([C@@H]2SCC(=O)N2Cc2ccccc2)cc1. The third-order valence-corrected chi connectivity index (χ3v) is 10.7. The first kappa shape index (κ1) is 24.0. The third-order valence-electron chi connectivity index (χ3n) is 9.42. The molecule has 3 aromatic rings. The molecule has 3 aromatic carbocycles. The molecule has 1 N–H and O–H groups in total. The lowest BCUT2D eigenvalue weighted by Crippen LogP contribution is -2.48. The Morgan fingerprint density at radius 1 is 0.842 bits per heavy atom. The van der Waals surface area contributed by atoms with Gasteiger partial charge in [0.05, 0.1) is 5.75 Å². The lowest BCUT2D eigenvalue weighted by atomic mass is 9.48. The van der Waals surface area contributed by atoms with E-state index in [1.54, 1.807) is 11.8 Å². The van der Waals surface area contributed by atoms with E-state index in [4.69, 9.17) is 0 Å². The monoisotopic (exact) mass is 522 g/mol. The number of benzene rings is 3. The van der Waals surface area contributed by atoms with Crippen molar-refractivity contribution in [3.63, 3.8) is 0 Å². The minimum Gasteiger partial charge on any atom is -0.322 e. The molecule has 8 rings (SSSR count). The smallest absolute Gasteiger partial charge is 0.255 e. The molecule has 0 aromatic heterocycles. The number of hydrogen-bond acceptors (Lipinski definition) is 3. The van der Waals surface area contributed by atoms with E-state index in [0.717, 1.165) is 34.6 Å². The topological polar surface area (TPSA) is 49.4 Å². The summed E-state index contributed by atoms with van der Waals surface area (Å²) in [6.07, 6.45) is 8.41. The summed E-state index contributed by atoms with van der Waals surface area (Å²) in [5.41, 5.74) is 5.50. The van der Waals surface area contributed by atoms with Gasteiger partial charge in [-0.25, -0.2) is 0 Å². The van der Waals surface area contributed by atoms with Crippen LogP contribution in [0.4, 0.5) is 5.69 Å². The van der Waals surface area contributed by atoms with Gasteiger partial charge in [-0.05, 0) is 103 Å². The predicted molar refractivity (Wildman–Crippen MR) is 153 cm³/mol. The van der Waals surface area contributed by atoms with Gasteiger partial charge in [-0.1, -0.05) is 54.6 Å². The Labute approximate surface area is 229 Å². The normalized spacial score (nSPS) is 29.6. The van der Waals surface area contributed by atoms with Crippen molar-refractivity contribution < 1.29 is 9.59 Å². The molecule has 4 nitrogen and oxygen atoms in total. The van der Waals surface area contributed by atoms with Gasteiger partial charge in [0.1, 0.15) is 5.37 Å². The van der Waals surface area contributed by atoms with Crippen molar-refractivity contribution in [2.75, 3.05) is 11.1 Å². The minimum absolute atomic E-state index is 0.0306. The van der Waals surface area contributed by atoms with E-state index in [1.807, 2.05) is 47.4 Å². The first-order valence-corrected chi connectivity index (χ1v) is 15.1. The summed E-state index contributed by atoms with van der Waals surface area (Å²) in [7, 11) is 0. The number of hydrogen-bond donors (Lipinski definition) is 1. The molecule has 1 heterocycles. The average molecular weight is 523 g/mol. The summed E-state index contributed by atoms with van der Waals surface area (Å²) in [5.74, 6) is 3.32. The number of thioether (sulfide) groups is 1. The lowest BCUT2D eigenvalue weighted by molar-refractivity contribution is -0.128. The number of nitrogens with zero attached hydrogens (tertiary/aromatic N) is 1. The summed E-state index contributed by atoms with van der Waals surface area (Å²) >= 11 is 1.65. The van der Waals surface area contributed by atoms with E-state index in [9.17, 15) is 9.59 Å². The number of nitrogens with one attached hydrogen (secondary N) is 1. The quantitative estimate of drug-likeness (QED) is 0.373. The molecule has 2 amide bonds. The molecule has 5 fully saturated rings. The number of anilines is 1.